The number of aromatic nitrogens is 2. The maximum Gasteiger partial charge on any atom is 0.243 e. The summed E-state index contributed by atoms with van der Waals surface area (Å²) in [4.78, 5) is 12.8. The van der Waals surface area contributed by atoms with Crippen LogP contribution in [0, 0.1) is 12.8 Å². The number of nitrogens with one attached hydrogen (secondary N) is 3. The minimum atomic E-state index is -3.81. The molecule has 1 heterocycles. The van der Waals surface area contributed by atoms with Gasteiger partial charge in [0.1, 0.15) is 6.04 Å². The second kappa shape index (κ2) is 8.67. The van der Waals surface area contributed by atoms with Crippen molar-refractivity contribution in [2.24, 2.45) is 5.92 Å². The summed E-state index contributed by atoms with van der Waals surface area (Å²) in [6.45, 7) is 9.78. The van der Waals surface area contributed by atoms with Crippen LogP contribution in [0.25, 0.3) is 0 Å². The van der Waals surface area contributed by atoms with E-state index in [9.17, 15) is 13.2 Å². The van der Waals surface area contributed by atoms with Crippen LogP contribution in [0.1, 0.15) is 51.3 Å². The topological polar surface area (TPSA) is 104 Å². The third-order valence-corrected chi connectivity index (χ3v) is 5.61. The highest BCUT2D eigenvalue weighted by Gasteiger charge is 2.27. The Morgan fingerprint density at radius 2 is 1.78 bits per heavy atom. The number of H-pyrrole nitrogens is 1. The van der Waals surface area contributed by atoms with Crippen LogP contribution in [-0.4, -0.2) is 30.6 Å². The highest BCUT2D eigenvalue weighted by molar-refractivity contribution is 7.89. The molecule has 1 atom stereocenters. The molecule has 148 valence electrons. The molecule has 0 saturated carbocycles. The van der Waals surface area contributed by atoms with E-state index < -0.39 is 22.0 Å². The van der Waals surface area contributed by atoms with Gasteiger partial charge in [0.2, 0.25) is 15.9 Å². The molecule has 0 radical (unpaired) electrons. The molecule has 0 aliphatic carbocycles. The van der Waals surface area contributed by atoms with Gasteiger partial charge in [0, 0.05) is 11.8 Å². The van der Waals surface area contributed by atoms with Gasteiger partial charge in [-0.05, 0) is 37.3 Å². The molecule has 8 heteroatoms. The molecule has 1 aromatic carbocycles. The fraction of sp³-hybridized carbons (Fsp3) is 0.474. The second-order valence-electron chi connectivity index (χ2n) is 7.47. The number of rotatable bonds is 8. The first-order chi connectivity index (χ1) is 12.6. The van der Waals surface area contributed by atoms with Gasteiger partial charge in [0.25, 0.3) is 0 Å². The van der Waals surface area contributed by atoms with Gasteiger partial charge in [0.15, 0.2) is 5.82 Å². The Kier molecular flexibility index (Phi) is 6.78. The van der Waals surface area contributed by atoms with E-state index >= 15 is 0 Å². The smallest absolute Gasteiger partial charge is 0.243 e. The zero-order valence-electron chi connectivity index (χ0n) is 16.4. The number of sulfonamides is 1. The molecule has 1 unspecified atom stereocenters. The number of carbonyl (C=O) groups is 1. The van der Waals surface area contributed by atoms with Crippen LogP contribution >= 0.6 is 0 Å². The van der Waals surface area contributed by atoms with Crippen molar-refractivity contribution < 1.29 is 13.2 Å². The van der Waals surface area contributed by atoms with Crippen molar-refractivity contribution in [1.82, 2.24) is 14.9 Å². The van der Waals surface area contributed by atoms with Gasteiger partial charge in [-0.3, -0.25) is 9.89 Å². The Morgan fingerprint density at radius 3 is 2.30 bits per heavy atom. The number of aromatic amines is 1. The number of amides is 1. The van der Waals surface area contributed by atoms with Crippen molar-refractivity contribution in [3.63, 3.8) is 0 Å². The molecule has 27 heavy (non-hydrogen) atoms. The fourth-order valence-corrected chi connectivity index (χ4v) is 3.77. The van der Waals surface area contributed by atoms with Gasteiger partial charge in [-0.1, -0.05) is 45.4 Å². The molecule has 0 saturated heterocycles. The van der Waals surface area contributed by atoms with Gasteiger partial charge >= 0.3 is 0 Å². The van der Waals surface area contributed by atoms with E-state index in [4.69, 9.17) is 0 Å². The largest absolute Gasteiger partial charge is 0.308 e. The lowest BCUT2D eigenvalue weighted by atomic mass is 10.0. The van der Waals surface area contributed by atoms with E-state index in [-0.39, 0.29) is 16.7 Å². The molecule has 0 aliphatic rings. The van der Waals surface area contributed by atoms with E-state index in [1.165, 1.54) is 12.1 Å². The zero-order chi connectivity index (χ0) is 20.2. The Labute approximate surface area is 161 Å². The summed E-state index contributed by atoms with van der Waals surface area (Å²) in [5.74, 6) is 0.328. The molecule has 2 rings (SSSR count). The molecule has 3 N–H and O–H groups in total. The molecule has 0 fully saturated rings. The average molecular weight is 393 g/mol. The van der Waals surface area contributed by atoms with Crippen molar-refractivity contribution in [1.29, 1.82) is 0 Å². The van der Waals surface area contributed by atoms with Crippen molar-refractivity contribution >= 4 is 21.7 Å². The Bertz CT molecular complexity index is 871. The minimum absolute atomic E-state index is 0.131. The second-order valence-corrected chi connectivity index (χ2v) is 9.18. The highest BCUT2D eigenvalue weighted by Crippen LogP contribution is 2.17. The first-order valence-corrected chi connectivity index (χ1v) is 10.5. The number of carbonyl (C=O) groups excluding carboxylic acids is 1. The summed E-state index contributed by atoms with van der Waals surface area (Å²) in [5, 5.41) is 9.63. The SMILES string of the molecule is Cc1ccc(S(=O)(=O)NC(CC(C)C)C(=O)Nc2cc(C(C)C)[nH]n2)cc1. The number of anilines is 1. The first kappa shape index (κ1) is 21.1. The quantitative estimate of drug-likeness (QED) is 0.642. The van der Waals surface area contributed by atoms with Crippen LogP contribution in [-0.2, 0) is 14.8 Å². The number of hydrogen-bond donors (Lipinski definition) is 3. The summed E-state index contributed by atoms with van der Waals surface area (Å²) in [6, 6.07) is 7.38. The van der Waals surface area contributed by atoms with Crippen LogP contribution < -0.4 is 10.0 Å². The lowest BCUT2D eigenvalue weighted by molar-refractivity contribution is -0.118. The molecule has 0 spiro atoms. The third-order valence-electron chi connectivity index (χ3n) is 4.12. The monoisotopic (exact) mass is 392 g/mol. The standard InChI is InChI=1S/C19H28N4O3S/c1-12(2)10-17(19(24)20-18-11-16(13(3)4)21-22-18)23-27(25,26)15-8-6-14(5)7-9-15/h6-9,11-13,17,23H,10H2,1-5H3,(H2,20,21,22,24). The van der Waals surface area contributed by atoms with Gasteiger partial charge in [0.05, 0.1) is 4.90 Å². The Balaban J connectivity index is 2.17. The van der Waals surface area contributed by atoms with Crippen LogP contribution in [0.5, 0.6) is 0 Å². The number of nitrogens with zero attached hydrogens (tertiary/aromatic N) is 1. The van der Waals surface area contributed by atoms with Gasteiger partial charge in [-0.15, -0.1) is 0 Å². The van der Waals surface area contributed by atoms with Gasteiger partial charge < -0.3 is 5.32 Å². The van der Waals surface area contributed by atoms with E-state index in [0.717, 1.165) is 11.3 Å². The van der Waals surface area contributed by atoms with Crippen molar-refractivity contribution in [3.8, 4) is 0 Å². The number of hydrogen-bond acceptors (Lipinski definition) is 4. The predicted octanol–water partition coefficient (Wildman–Crippen LogP) is 3.17. The summed E-state index contributed by atoms with van der Waals surface area (Å²) in [5.41, 5.74) is 1.86. The van der Waals surface area contributed by atoms with E-state index in [2.05, 4.69) is 20.2 Å². The van der Waals surface area contributed by atoms with Crippen molar-refractivity contribution in [2.45, 2.75) is 57.9 Å². The molecular formula is C19H28N4O3S. The molecule has 7 nitrogen and oxygen atoms in total. The normalized spacial score (nSPS) is 13.1. The lowest BCUT2D eigenvalue weighted by Crippen LogP contribution is -2.44. The molecular weight excluding hydrogens is 364 g/mol. The molecule has 0 bridgehead atoms. The highest BCUT2D eigenvalue weighted by atomic mass is 32.2. The lowest BCUT2D eigenvalue weighted by Gasteiger charge is -2.19. The third kappa shape index (κ3) is 5.90. The van der Waals surface area contributed by atoms with Gasteiger partial charge in [-0.2, -0.15) is 9.82 Å². The van der Waals surface area contributed by atoms with E-state index in [1.54, 1.807) is 18.2 Å². The van der Waals surface area contributed by atoms with Gasteiger partial charge in [-0.25, -0.2) is 8.42 Å². The molecule has 1 aromatic heterocycles. The summed E-state index contributed by atoms with van der Waals surface area (Å²) >= 11 is 0. The van der Waals surface area contributed by atoms with Crippen LogP contribution in [0.15, 0.2) is 35.2 Å². The fourth-order valence-electron chi connectivity index (χ4n) is 2.56. The summed E-state index contributed by atoms with van der Waals surface area (Å²) < 4.78 is 27.9. The van der Waals surface area contributed by atoms with E-state index in [0.29, 0.717) is 12.2 Å². The maximum atomic E-state index is 12.7. The summed E-state index contributed by atoms with van der Waals surface area (Å²) in [6.07, 6.45) is 0.373. The Morgan fingerprint density at radius 1 is 1.15 bits per heavy atom. The minimum Gasteiger partial charge on any atom is -0.308 e. The summed E-state index contributed by atoms with van der Waals surface area (Å²) in [7, 11) is -3.81. The average Bonchev–Trinajstić information content (AvgIpc) is 3.02. The van der Waals surface area contributed by atoms with Crippen molar-refractivity contribution in [2.75, 3.05) is 5.32 Å². The first-order valence-electron chi connectivity index (χ1n) is 9.03. The Hall–Kier alpha value is -2.19. The number of aryl methyl sites for hydroxylation is 1. The molecule has 0 aliphatic heterocycles. The van der Waals surface area contributed by atoms with Crippen LogP contribution in [0.3, 0.4) is 0 Å². The van der Waals surface area contributed by atoms with Crippen LogP contribution in [0.2, 0.25) is 0 Å². The molecule has 2 aromatic rings. The van der Waals surface area contributed by atoms with Crippen LogP contribution in [0.4, 0.5) is 5.82 Å². The van der Waals surface area contributed by atoms with E-state index in [1.807, 2.05) is 34.6 Å². The maximum absolute atomic E-state index is 12.7. The zero-order valence-corrected chi connectivity index (χ0v) is 17.2. The molecule has 1 amide bonds. The predicted molar refractivity (Wildman–Crippen MR) is 106 cm³/mol. The number of benzene rings is 1. The van der Waals surface area contributed by atoms with Crippen molar-refractivity contribution in [3.05, 3.63) is 41.6 Å².